The van der Waals surface area contributed by atoms with Gasteiger partial charge in [-0.1, -0.05) is 26.0 Å². The Morgan fingerprint density at radius 2 is 1.85 bits per heavy atom. The van der Waals surface area contributed by atoms with Crippen LogP contribution in [-0.2, 0) is 4.79 Å². The van der Waals surface area contributed by atoms with Gasteiger partial charge in [-0.3, -0.25) is 4.79 Å². The van der Waals surface area contributed by atoms with Crippen molar-refractivity contribution in [1.29, 1.82) is 0 Å². The van der Waals surface area contributed by atoms with Crippen molar-refractivity contribution in [3.63, 3.8) is 0 Å². The van der Waals surface area contributed by atoms with E-state index in [0.29, 0.717) is 0 Å². The molecule has 0 fully saturated rings. The van der Waals surface area contributed by atoms with Crippen molar-refractivity contribution in [2.24, 2.45) is 11.3 Å². The number of halogens is 1. The second-order valence-corrected chi connectivity index (χ2v) is 7.56. The van der Waals surface area contributed by atoms with E-state index in [2.05, 4.69) is 5.10 Å². The zero-order chi connectivity index (χ0) is 19.8. The maximum absolute atomic E-state index is 13.2. The molecule has 0 unspecified atom stereocenters. The first-order valence-corrected chi connectivity index (χ1v) is 8.90. The largest absolute Gasteiger partial charge is 0.481 e. The van der Waals surface area contributed by atoms with Gasteiger partial charge in [0.05, 0.1) is 22.8 Å². The highest BCUT2D eigenvalue weighted by Crippen LogP contribution is 2.37. The smallest absolute Gasteiger partial charge is 0.313 e. The Hall–Kier alpha value is -2.95. The Bertz CT molecular complexity index is 1010. The molecule has 3 aromatic rings. The molecule has 1 aromatic heterocycles. The fraction of sp³-hybridized carbons (Fsp3) is 0.273. The third kappa shape index (κ3) is 3.63. The van der Waals surface area contributed by atoms with Crippen LogP contribution >= 0.6 is 0 Å². The Kier molecular flexibility index (Phi) is 4.87. The van der Waals surface area contributed by atoms with Gasteiger partial charge in [-0.25, -0.2) is 9.07 Å². The first kappa shape index (κ1) is 18.8. The first-order chi connectivity index (χ1) is 12.7. The normalized spacial score (nSPS) is 12.7. The molecule has 0 saturated heterocycles. The van der Waals surface area contributed by atoms with Gasteiger partial charge in [0, 0.05) is 5.39 Å². The lowest BCUT2D eigenvalue weighted by molar-refractivity contribution is -0.143. The minimum Gasteiger partial charge on any atom is -0.481 e. The molecule has 140 valence electrons. The van der Waals surface area contributed by atoms with Crippen molar-refractivity contribution in [3.8, 4) is 5.69 Å². The molecule has 0 aliphatic carbocycles. The molecule has 0 atom stereocenters. The summed E-state index contributed by atoms with van der Waals surface area (Å²) in [5.41, 5.74) is 2.28. The molecule has 2 aromatic carbocycles. The fourth-order valence-electron chi connectivity index (χ4n) is 3.10. The second-order valence-electron chi connectivity index (χ2n) is 7.56. The molecule has 0 spiro atoms. The number of nitrogens with zero attached hydrogens (tertiary/aromatic N) is 2. The average Bonchev–Trinajstić information content (AvgIpc) is 3.03. The molecule has 0 aliphatic heterocycles. The number of hydrogen-bond donors (Lipinski definition) is 1. The van der Waals surface area contributed by atoms with Crippen LogP contribution in [0.4, 0.5) is 4.39 Å². The van der Waals surface area contributed by atoms with E-state index < -0.39 is 11.4 Å². The molecule has 0 amide bonds. The fourth-order valence-corrected chi connectivity index (χ4v) is 3.10. The molecule has 4 nitrogen and oxygen atoms in total. The molecule has 1 N–H and O–H groups in total. The molecule has 0 bridgehead atoms. The Morgan fingerprint density at radius 1 is 1.19 bits per heavy atom. The summed E-state index contributed by atoms with van der Waals surface area (Å²) < 4.78 is 14.9. The second kappa shape index (κ2) is 6.99. The van der Waals surface area contributed by atoms with Gasteiger partial charge in [0.25, 0.3) is 0 Å². The van der Waals surface area contributed by atoms with Gasteiger partial charge in [-0.05, 0) is 67.3 Å². The molecule has 27 heavy (non-hydrogen) atoms. The molecule has 0 aliphatic rings. The SMILES string of the molecule is CC(C)C=C(c1ccc2c(cnn2-c2ccc(F)cc2)c1)C(C)(C)C(=O)O. The van der Waals surface area contributed by atoms with Crippen LogP contribution in [0.1, 0.15) is 33.3 Å². The zero-order valence-electron chi connectivity index (χ0n) is 15.9. The summed E-state index contributed by atoms with van der Waals surface area (Å²) in [6.07, 6.45) is 3.74. The van der Waals surface area contributed by atoms with Crippen LogP contribution in [0.5, 0.6) is 0 Å². The Balaban J connectivity index is 2.11. The van der Waals surface area contributed by atoms with Gasteiger partial charge >= 0.3 is 5.97 Å². The molecular weight excluding hydrogens is 343 g/mol. The highest BCUT2D eigenvalue weighted by molar-refractivity contribution is 5.94. The average molecular weight is 366 g/mol. The Morgan fingerprint density at radius 3 is 2.44 bits per heavy atom. The predicted octanol–water partition coefficient (Wildman–Crippen LogP) is 5.31. The molecule has 5 heteroatoms. The van der Waals surface area contributed by atoms with Crippen LogP contribution in [0.2, 0.25) is 0 Å². The van der Waals surface area contributed by atoms with Gasteiger partial charge in [-0.2, -0.15) is 5.10 Å². The van der Waals surface area contributed by atoms with Crippen molar-refractivity contribution in [2.45, 2.75) is 27.7 Å². The number of carboxylic acid groups (broad SMARTS) is 1. The van der Waals surface area contributed by atoms with Gasteiger partial charge in [-0.15, -0.1) is 0 Å². The highest BCUT2D eigenvalue weighted by atomic mass is 19.1. The van der Waals surface area contributed by atoms with E-state index in [9.17, 15) is 14.3 Å². The van der Waals surface area contributed by atoms with Crippen LogP contribution in [0.3, 0.4) is 0 Å². The van der Waals surface area contributed by atoms with Gasteiger partial charge in [0.15, 0.2) is 0 Å². The van der Waals surface area contributed by atoms with Crippen LogP contribution in [0, 0.1) is 17.2 Å². The number of benzene rings is 2. The first-order valence-electron chi connectivity index (χ1n) is 8.90. The monoisotopic (exact) mass is 366 g/mol. The number of carbonyl (C=O) groups is 1. The summed E-state index contributed by atoms with van der Waals surface area (Å²) in [6.45, 7) is 7.50. The van der Waals surface area contributed by atoms with Crippen molar-refractivity contribution < 1.29 is 14.3 Å². The maximum Gasteiger partial charge on any atom is 0.313 e. The summed E-state index contributed by atoms with van der Waals surface area (Å²) in [5, 5.41) is 15.0. The number of aromatic nitrogens is 2. The minimum absolute atomic E-state index is 0.219. The predicted molar refractivity (Wildman–Crippen MR) is 105 cm³/mol. The van der Waals surface area contributed by atoms with E-state index in [1.807, 2.05) is 38.1 Å². The molecular formula is C22H23FN2O2. The van der Waals surface area contributed by atoms with E-state index >= 15 is 0 Å². The molecule has 1 heterocycles. The van der Waals surface area contributed by atoms with Crippen LogP contribution in [0.25, 0.3) is 22.2 Å². The van der Waals surface area contributed by atoms with Crippen molar-refractivity contribution in [1.82, 2.24) is 9.78 Å². The maximum atomic E-state index is 13.2. The zero-order valence-corrected chi connectivity index (χ0v) is 15.9. The van der Waals surface area contributed by atoms with Gasteiger partial charge < -0.3 is 5.11 Å². The van der Waals surface area contributed by atoms with Crippen LogP contribution < -0.4 is 0 Å². The number of fused-ring (bicyclic) bond motifs is 1. The molecule has 0 saturated carbocycles. The quantitative estimate of drug-likeness (QED) is 0.665. The summed E-state index contributed by atoms with van der Waals surface area (Å²) in [5.74, 6) is -0.940. The lowest BCUT2D eigenvalue weighted by Crippen LogP contribution is -2.25. The number of aliphatic carboxylic acids is 1. The Labute approximate surface area is 157 Å². The van der Waals surface area contributed by atoms with Crippen molar-refractivity contribution in [2.75, 3.05) is 0 Å². The summed E-state index contributed by atoms with van der Waals surface area (Å²) in [4.78, 5) is 11.8. The summed E-state index contributed by atoms with van der Waals surface area (Å²) in [6, 6.07) is 11.9. The third-order valence-electron chi connectivity index (χ3n) is 4.66. The lowest BCUT2D eigenvalue weighted by atomic mass is 9.78. The topological polar surface area (TPSA) is 55.1 Å². The number of carboxylic acids is 1. The standard InChI is InChI=1S/C22H23FN2O2/c1-14(2)11-19(22(3,4)21(26)27)15-5-10-20-16(12-15)13-24-25(20)18-8-6-17(23)7-9-18/h5-14H,1-4H3,(H,26,27). The minimum atomic E-state index is -1.01. The molecule has 0 radical (unpaired) electrons. The van der Waals surface area contributed by atoms with Gasteiger partial charge in [0.1, 0.15) is 5.82 Å². The van der Waals surface area contributed by atoms with E-state index in [4.69, 9.17) is 0 Å². The summed E-state index contributed by atoms with van der Waals surface area (Å²) in [7, 11) is 0. The van der Waals surface area contributed by atoms with Gasteiger partial charge in [0.2, 0.25) is 0 Å². The number of rotatable bonds is 5. The number of hydrogen-bond acceptors (Lipinski definition) is 2. The molecule has 3 rings (SSSR count). The van der Waals surface area contributed by atoms with Crippen LogP contribution in [-0.4, -0.2) is 20.9 Å². The van der Waals surface area contributed by atoms with Crippen LogP contribution in [0.15, 0.2) is 54.7 Å². The number of allylic oxidation sites excluding steroid dienone is 1. The lowest BCUT2D eigenvalue weighted by Gasteiger charge is -2.25. The highest BCUT2D eigenvalue weighted by Gasteiger charge is 2.33. The third-order valence-corrected chi connectivity index (χ3v) is 4.66. The van der Waals surface area contributed by atoms with E-state index in [0.717, 1.165) is 27.7 Å². The van der Waals surface area contributed by atoms with E-state index in [1.165, 1.54) is 12.1 Å². The summed E-state index contributed by atoms with van der Waals surface area (Å²) >= 11 is 0. The van der Waals surface area contributed by atoms with E-state index in [1.54, 1.807) is 36.9 Å². The van der Waals surface area contributed by atoms with Crippen molar-refractivity contribution >= 4 is 22.4 Å². The van der Waals surface area contributed by atoms with Crippen molar-refractivity contribution in [3.05, 3.63) is 66.1 Å². The van der Waals surface area contributed by atoms with E-state index in [-0.39, 0.29) is 11.7 Å².